The third kappa shape index (κ3) is 4.11. The zero-order valence-corrected chi connectivity index (χ0v) is 13.4. The summed E-state index contributed by atoms with van der Waals surface area (Å²) in [5.74, 6) is 0.520. The van der Waals surface area contributed by atoms with E-state index in [1.807, 2.05) is 0 Å². The summed E-state index contributed by atoms with van der Waals surface area (Å²) in [4.78, 5) is 22.6. The Morgan fingerprint density at radius 1 is 1.32 bits per heavy atom. The van der Waals surface area contributed by atoms with Crippen LogP contribution in [0.3, 0.4) is 0 Å². The van der Waals surface area contributed by atoms with Gasteiger partial charge in [-0.25, -0.2) is 4.68 Å². The number of hydrogen-bond donors (Lipinski definition) is 1. The maximum Gasteiger partial charge on any atom is 0.226 e. The van der Waals surface area contributed by atoms with Crippen LogP contribution in [0, 0.1) is 0 Å². The molecule has 0 amide bonds. The first-order valence-electron chi connectivity index (χ1n) is 7.45. The molecule has 0 fully saturated rings. The van der Waals surface area contributed by atoms with Crippen molar-refractivity contribution < 1.29 is 19.1 Å². The summed E-state index contributed by atoms with van der Waals surface area (Å²) in [5, 5.41) is 17.1. The van der Waals surface area contributed by atoms with Crippen molar-refractivity contribution in [3.63, 3.8) is 0 Å². The zero-order valence-electron chi connectivity index (χ0n) is 13.4. The molecule has 1 N–H and O–H groups in total. The van der Waals surface area contributed by atoms with Gasteiger partial charge in [0.25, 0.3) is 0 Å². The second-order valence-electron chi connectivity index (χ2n) is 5.37. The molecular weight excluding hydrogens is 326 g/mol. The summed E-state index contributed by atoms with van der Waals surface area (Å²) in [7, 11) is 0. The predicted octanol–water partition coefficient (Wildman–Crippen LogP) is 1.77. The first-order valence-corrected chi connectivity index (χ1v) is 7.45. The van der Waals surface area contributed by atoms with Crippen molar-refractivity contribution in [1.82, 2.24) is 15.0 Å². The van der Waals surface area contributed by atoms with Crippen LogP contribution in [0.1, 0.15) is 28.7 Å². The summed E-state index contributed by atoms with van der Waals surface area (Å²) in [6.45, 7) is 1.92. The smallest absolute Gasteiger partial charge is 0.226 e. The van der Waals surface area contributed by atoms with Crippen LogP contribution in [0.5, 0.6) is 11.5 Å². The van der Waals surface area contributed by atoms with E-state index in [4.69, 9.17) is 14.3 Å². The van der Waals surface area contributed by atoms with E-state index in [2.05, 4.69) is 10.3 Å². The number of aromatic hydroxyl groups is 1. The number of benzene rings is 1. The number of Topliss-reactive ketones (excluding diaryl/α,β-unsaturated/α-hetero) is 1. The van der Waals surface area contributed by atoms with E-state index in [0.717, 1.165) is 6.26 Å². The number of nitrogens with zero attached hydrogens (tertiary/aromatic N) is 3. The van der Waals surface area contributed by atoms with Gasteiger partial charge >= 0.3 is 0 Å². The molecule has 0 aliphatic rings. The number of carbonyl (C=O) groups is 1. The average Bonchev–Trinajstić information content (AvgIpc) is 3.04. The Morgan fingerprint density at radius 3 is 2.76 bits per heavy atom. The Hall–Kier alpha value is -3.42. The maximum atomic E-state index is 11.4. The minimum absolute atomic E-state index is 0.00428. The van der Waals surface area contributed by atoms with Crippen molar-refractivity contribution >= 4 is 5.78 Å². The van der Waals surface area contributed by atoms with Gasteiger partial charge in [0, 0.05) is 11.6 Å². The van der Waals surface area contributed by atoms with Gasteiger partial charge in [0.15, 0.2) is 11.5 Å². The van der Waals surface area contributed by atoms with E-state index >= 15 is 0 Å². The molecule has 0 aliphatic carbocycles. The highest BCUT2D eigenvalue weighted by molar-refractivity contribution is 5.94. The molecule has 8 nitrogen and oxygen atoms in total. The SMILES string of the molecule is CC(=O)c1ccc(OCc2cn(Cc3cc(=O)c(O)co3)nn2)cc1. The molecule has 2 aromatic heterocycles. The van der Waals surface area contributed by atoms with Gasteiger partial charge in [0.2, 0.25) is 5.43 Å². The monoisotopic (exact) mass is 341 g/mol. The van der Waals surface area contributed by atoms with Crippen LogP contribution in [0.25, 0.3) is 0 Å². The van der Waals surface area contributed by atoms with Crippen LogP contribution in [0.15, 0.2) is 52.0 Å². The lowest BCUT2D eigenvalue weighted by Gasteiger charge is -2.04. The van der Waals surface area contributed by atoms with E-state index in [0.29, 0.717) is 22.8 Å². The molecule has 0 aliphatic heterocycles. The largest absolute Gasteiger partial charge is 0.502 e. The molecule has 25 heavy (non-hydrogen) atoms. The fraction of sp³-hybridized carbons (Fsp3) is 0.176. The highest BCUT2D eigenvalue weighted by Crippen LogP contribution is 2.14. The highest BCUT2D eigenvalue weighted by Gasteiger charge is 2.07. The first kappa shape index (κ1) is 16.4. The quantitative estimate of drug-likeness (QED) is 0.681. The van der Waals surface area contributed by atoms with Crippen LogP contribution in [-0.2, 0) is 13.2 Å². The summed E-state index contributed by atoms with van der Waals surface area (Å²) in [6, 6.07) is 8.02. The molecule has 8 heteroatoms. The number of carbonyl (C=O) groups excluding carboxylic acids is 1. The average molecular weight is 341 g/mol. The second-order valence-corrected chi connectivity index (χ2v) is 5.37. The molecule has 3 rings (SSSR count). The van der Waals surface area contributed by atoms with E-state index in [9.17, 15) is 9.59 Å². The summed E-state index contributed by atoms with van der Waals surface area (Å²) < 4.78 is 12.2. The third-order valence-electron chi connectivity index (χ3n) is 3.42. The number of ketones is 1. The number of hydrogen-bond acceptors (Lipinski definition) is 7. The van der Waals surface area contributed by atoms with Gasteiger partial charge in [-0.15, -0.1) is 5.10 Å². The van der Waals surface area contributed by atoms with E-state index in [-0.39, 0.29) is 18.9 Å². The molecule has 0 spiro atoms. The van der Waals surface area contributed by atoms with Crippen LogP contribution >= 0.6 is 0 Å². The van der Waals surface area contributed by atoms with Crippen molar-refractivity contribution in [3.05, 3.63) is 70.0 Å². The van der Waals surface area contributed by atoms with Crippen molar-refractivity contribution in [3.8, 4) is 11.5 Å². The Balaban J connectivity index is 1.60. The number of aromatic nitrogens is 3. The molecular formula is C17H15N3O5. The minimum Gasteiger partial charge on any atom is -0.502 e. The van der Waals surface area contributed by atoms with Gasteiger partial charge in [-0.05, 0) is 31.2 Å². The lowest BCUT2D eigenvalue weighted by atomic mass is 10.1. The van der Waals surface area contributed by atoms with Gasteiger partial charge < -0.3 is 14.3 Å². The molecule has 0 unspecified atom stereocenters. The van der Waals surface area contributed by atoms with Crippen molar-refractivity contribution in [2.24, 2.45) is 0 Å². The van der Waals surface area contributed by atoms with E-state index in [1.165, 1.54) is 17.7 Å². The lowest BCUT2D eigenvalue weighted by Crippen LogP contribution is -2.05. The van der Waals surface area contributed by atoms with Gasteiger partial charge in [-0.1, -0.05) is 5.21 Å². The fourth-order valence-corrected chi connectivity index (χ4v) is 2.11. The molecule has 0 saturated carbocycles. The summed E-state index contributed by atoms with van der Waals surface area (Å²) >= 11 is 0. The Labute approximate surface area is 142 Å². The molecule has 1 aromatic carbocycles. The van der Waals surface area contributed by atoms with Crippen LogP contribution in [0.2, 0.25) is 0 Å². The highest BCUT2D eigenvalue weighted by atomic mass is 16.5. The Kier molecular flexibility index (Phi) is 4.60. The van der Waals surface area contributed by atoms with Crippen LogP contribution in [0.4, 0.5) is 0 Å². The summed E-state index contributed by atoms with van der Waals surface area (Å²) in [5.41, 5.74) is 0.699. The van der Waals surface area contributed by atoms with Crippen molar-refractivity contribution in [2.75, 3.05) is 0 Å². The minimum atomic E-state index is -0.515. The molecule has 128 valence electrons. The maximum absolute atomic E-state index is 11.4. The Bertz CT molecular complexity index is 943. The summed E-state index contributed by atoms with van der Waals surface area (Å²) in [6.07, 6.45) is 2.65. The molecule has 2 heterocycles. The van der Waals surface area contributed by atoms with Crippen molar-refractivity contribution in [1.29, 1.82) is 0 Å². The van der Waals surface area contributed by atoms with Gasteiger partial charge in [-0.2, -0.15) is 0 Å². The molecule has 0 atom stereocenters. The Morgan fingerprint density at radius 2 is 2.08 bits per heavy atom. The lowest BCUT2D eigenvalue weighted by molar-refractivity contribution is 0.101. The molecule has 0 radical (unpaired) electrons. The topological polar surface area (TPSA) is 107 Å². The molecule has 3 aromatic rings. The molecule has 0 bridgehead atoms. The van der Waals surface area contributed by atoms with E-state index < -0.39 is 11.2 Å². The normalized spacial score (nSPS) is 10.6. The van der Waals surface area contributed by atoms with Gasteiger partial charge in [-0.3, -0.25) is 9.59 Å². The first-order chi connectivity index (χ1) is 12.0. The zero-order chi connectivity index (χ0) is 17.8. The predicted molar refractivity (Wildman–Crippen MR) is 86.5 cm³/mol. The fourth-order valence-electron chi connectivity index (χ4n) is 2.11. The third-order valence-corrected chi connectivity index (χ3v) is 3.42. The second kappa shape index (κ2) is 7.00. The standard InChI is InChI=1S/C17H15N3O5/c1-11(21)12-2-4-14(5-3-12)24-9-13-7-20(19-18-13)8-15-6-16(22)17(23)10-25-15/h2-7,10,23H,8-9H2,1H3. The number of ether oxygens (including phenoxy) is 1. The van der Waals surface area contributed by atoms with Gasteiger partial charge in [0.1, 0.15) is 36.6 Å². The van der Waals surface area contributed by atoms with Crippen LogP contribution < -0.4 is 10.2 Å². The van der Waals surface area contributed by atoms with Crippen LogP contribution in [-0.4, -0.2) is 25.9 Å². The van der Waals surface area contributed by atoms with E-state index in [1.54, 1.807) is 30.5 Å². The number of rotatable bonds is 6. The molecule has 0 saturated heterocycles. The van der Waals surface area contributed by atoms with Crippen molar-refractivity contribution in [2.45, 2.75) is 20.1 Å². The van der Waals surface area contributed by atoms with Gasteiger partial charge in [0.05, 0.1) is 6.20 Å².